The molecule has 2 N–H and O–H groups in total. The first kappa shape index (κ1) is 10.2. The van der Waals surface area contributed by atoms with Gasteiger partial charge in [0.05, 0.1) is 11.9 Å². The number of nitrogens with zero attached hydrogens (tertiary/aromatic N) is 2. The van der Waals surface area contributed by atoms with Crippen LogP contribution in [0.4, 0.5) is 0 Å². The Morgan fingerprint density at radius 2 is 2.25 bits per heavy atom. The Bertz CT molecular complexity index is 597. The number of pyridine rings is 1. The smallest absolute Gasteiger partial charge is 0.341 e. The van der Waals surface area contributed by atoms with Crippen LogP contribution in [0.25, 0.3) is 11.3 Å². The van der Waals surface area contributed by atoms with E-state index >= 15 is 0 Å². The fourth-order valence-corrected chi connectivity index (χ4v) is 1.37. The van der Waals surface area contributed by atoms with Gasteiger partial charge in [-0.05, 0) is 12.1 Å². The van der Waals surface area contributed by atoms with Crippen LogP contribution in [0.5, 0.6) is 0 Å². The zero-order chi connectivity index (χ0) is 11.7. The van der Waals surface area contributed by atoms with Gasteiger partial charge in [0.25, 0.3) is 5.56 Å². The maximum atomic E-state index is 11.4. The molecule has 0 amide bonds. The highest BCUT2D eigenvalue weighted by molar-refractivity contribution is 5.87. The molecule has 0 radical (unpaired) electrons. The second-order valence-corrected chi connectivity index (χ2v) is 3.32. The van der Waals surface area contributed by atoms with Crippen molar-refractivity contribution in [2.24, 2.45) is 7.05 Å². The number of aryl methyl sites for hydroxylation is 1. The van der Waals surface area contributed by atoms with Gasteiger partial charge in [-0.3, -0.25) is 9.48 Å². The lowest BCUT2D eigenvalue weighted by atomic mass is 10.2. The summed E-state index contributed by atoms with van der Waals surface area (Å²) in [5.74, 6) is -1.24. The van der Waals surface area contributed by atoms with Gasteiger partial charge >= 0.3 is 5.97 Å². The van der Waals surface area contributed by atoms with Crippen LogP contribution >= 0.6 is 0 Å². The molecule has 6 nitrogen and oxygen atoms in total. The molecule has 0 aromatic carbocycles. The van der Waals surface area contributed by atoms with Crippen molar-refractivity contribution < 1.29 is 9.90 Å². The van der Waals surface area contributed by atoms with E-state index in [2.05, 4.69) is 10.1 Å². The first-order valence-corrected chi connectivity index (χ1v) is 4.53. The number of H-pyrrole nitrogens is 1. The molecule has 16 heavy (non-hydrogen) atoms. The van der Waals surface area contributed by atoms with Crippen molar-refractivity contribution in [1.82, 2.24) is 14.8 Å². The molecule has 2 rings (SSSR count). The second-order valence-electron chi connectivity index (χ2n) is 3.32. The van der Waals surface area contributed by atoms with Crippen molar-refractivity contribution >= 4 is 5.97 Å². The molecule has 0 saturated heterocycles. The van der Waals surface area contributed by atoms with Crippen LogP contribution in [-0.2, 0) is 7.05 Å². The molecular formula is C10H9N3O3. The predicted molar refractivity (Wildman–Crippen MR) is 56.2 cm³/mol. The van der Waals surface area contributed by atoms with Gasteiger partial charge < -0.3 is 10.1 Å². The summed E-state index contributed by atoms with van der Waals surface area (Å²) in [4.78, 5) is 24.5. The number of aromatic nitrogens is 3. The second kappa shape index (κ2) is 3.65. The summed E-state index contributed by atoms with van der Waals surface area (Å²) in [5, 5.41) is 12.7. The third-order valence-electron chi connectivity index (χ3n) is 2.16. The maximum absolute atomic E-state index is 11.4. The number of carboxylic acid groups (broad SMARTS) is 1. The predicted octanol–water partition coefficient (Wildman–Crippen LogP) is 0.474. The fourth-order valence-electron chi connectivity index (χ4n) is 1.37. The van der Waals surface area contributed by atoms with Crippen LogP contribution in [0.2, 0.25) is 0 Å². The maximum Gasteiger partial charge on any atom is 0.341 e. The fraction of sp³-hybridized carbons (Fsp3) is 0.100. The first-order valence-electron chi connectivity index (χ1n) is 4.53. The average Bonchev–Trinajstić information content (AvgIpc) is 2.64. The van der Waals surface area contributed by atoms with E-state index < -0.39 is 11.5 Å². The van der Waals surface area contributed by atoms with Gasteiger partial charge in [0.15, 0.2) is 0 Å². The van der Waals surface area contributed by atoms with E-state index in [0.29, 0.717) is 5.69 Å². The van der Waals surface area contributed by atoms with Crippen molar-refractivity contribution in [2.75, 3.05) is 0 Å². The van der Waals surface area contributed by atoms with Crippen LogP contribution in [0.3, 0.4) is 0 Å². The molecule has 6 heteroatoms. The van der Waals surface area contributed by atoms with Gasteiger partial charge in [-0.1, -0.05) is 0 Å². The van der Waals surface area contributed by atoms with Gasteiger partial charge in [-0.2, -0.15) is 5.10 Å². The molecule has 2 heterocycles. The summed E-state index contributed by atoms with van der Waals surface area (Å²) in [6, 6.07) is 2.82. The van der Waals surface area contributed by atoms with E-state index in [4.69, 9.17) is 5.11 Å². The minimum Gasteiger partial charge on any atom is -0.477 e. The monoisotopic (exact) mass is 219 g/mol. The van der Waals surface area contributed by atoms with E-state index in [1.54, 1.807) is 30.2 Å². The van der Waals surface area contributed by atoms with Crippen molar-refractivity contribution in [3.05, 3.63) is 40.4 Å². The first-order chi connectivity index (χ1) is 7.58. The Morgan fingerprint density at radius 1 is 1.50 bits per heavy atom. The average molecular weight is 219 g/mol. The lowest BCUT2D eigenvalue weighted by molar-refractivity contribution is 0.0695. The molecule has 0 fully saturated rings. The summed E-state index contributed by atoms with van der Waals surface area (Å²) >= 11 is 0. The third kappa shape index (κ3) is 1.72. The van der Waals surface area contributed by atoms with Crippen LogP contribution in [0.1, 0.15) is 10.4 Å². The minimum absolute atomic E-state index is 0.271. The van der Waals surface area contributed by atoms with Crippen LogP contribution in [-0.4, -0.2) is 25.8 Å². The van der Waals surface area contributed by atoms with E-state index in [9.17, 15) is 9.59 Å². The molecule has 0 unspecified atom stereocenters. The molecule has 0 spiro atoms. The number of rotatable bonds is 2. The van der Waals surface area contributed by atoms with Gasteiger partial charge in [-0.15, -0.1) is 0 Å². The topological polar surface area (TPSA) is 88.0 Å². The highest BCUT2D eigenvalue weighted by Gasteiger charge is 2.09. The number of nitrogens with one attached hydrogen (secondary N) is 1. The van der Waals surface area contributed by atoms with Gasteiger partial charge in [-0.25, -0.2) is 4.79 Å². The molecule has 0 aliphatic carbocycles. The number of carboxylic acids is 1. The van der Waals surface area contributed by atoms with Crippen molar-refractivity contribution in [2.45, 2.75) is 0 Å². The molecule has 82 valence electrons. The van der Waals surface area contributed by atoms with Crippen molar-refractivity contribution in [1.29, 1.82) is 0 Å². The Balaban J connectivity index is 2.50. The van der Waals surface area contributed by atoms with E-state index in [0.717, 1.165) is 5.56 Å². The lowest BCUT2D eigenvalue weighted by Gasteiger charge is -1.98. The zero-order valence-corrected chi connectivity index (χ0v) is 8.47. The minimum atomic E-state index is -1.24. The SMILES string of the molecule is Cn1cc(-c2ccc(C(=O)O)c(=O)[nH]2)cn1. The number of aromatic carboxylic acids is 1. The molecule has 2 aromatic rings. The number of aromatic amines is 1. The standard InChI is InChI=1S/C10H9N3O3/c1-13-5-6(4-11-13)8-3-2-7(10(15)16)9(14)12-8/h2-5H,1H3,(H,12,14)(H,15,16). The van der Waals surface area contributed by atoms with E-state index in [1.165, 1.54) is 6.07 Å². The summed E-state index contributed by atoms with van der Waals surface area (Å²) in [6.07, 6.45) is 3.32. The van der Waals surface area contributed by atoms with Crippen molar-refractivity contribution in [3.8, 4) is 11.3 Å². The Labute approximate surface area is 90.2 Å². The molecular weight excluding hydrogens is 210 g/mol. The zero-order valence-electron chi connectivity index (χ0n) is 8.47. The van der Waals surface area contributed by atoms with Crippen molar-refractivity contribution in [3.63, 3.8) is 0 Å². The lowest BCUT2D eigenvalue weighted by Crippen LogP contribution is -2.17. The van der Waals surface area contributed by atoms with Crippen LogP contribution in [0, 0.1) is 0 Å². The van der Waals surface area contributed by atoms with E-state index in [-0.39, 0.29) is 5.56 Å². The Hall–Kier alpha value is -2.37. The largest absolute Gasteiger partial charge is 0.477 e. The third-order valence-corrected chi connectivity index (χ3v) is 2.16. The molecule has 2 aromatic heterocycles. The highest BCUT2D eigenvalue weighted by atomic mass is 16.4. The summed E-state index contributed by atoms with van der Waals surface area (Å²) in [5.41, 5.74) is 0.390. The van der Waals surface area contributed by atoms with Gasteiger partial charge in [0.1, 0.15) is 5.56 Å². The van der Waals surface area contributed by atoms with Gasteiger partial charge in [0.2, 0.25) is 0 Å². The number of hydrogen-bond acceptors (Lipinski definition) is 3. The molecule has 0 aliphatic rings. The molecule has 0 atom stereocenters. The Kier molecular flexibility index (Phi) is 2.32. The summed E-state index contributed by atoms with van der Waals surface area (Å²) in [7, 11) is 1.76. The summed E-state index contributed by atoms with van der Waals surface area (Å²) < 4.78 is 1.60. The molecule has 0 saturated carbocycles. The van der Waals surface area contributed by atoms with E-state index in [1.807, 2.05) is 0 Å². The quantitative estimate of drug-likeness (QED) is 0.768. The normalized spacial score (nSPS) is 10.3. The number of hydrogen-bond donors (Lipinski definition) is 2. The Morgan fingerprint density at radius 3 is 2.75 bits per heavy atom. The van der Waals surface area contributed by atoms with Gasteiger partial charge in [0, 0.05) is 18.8 Å². The molecule has 0 bridgehead atoms. The summed E-state index contributed by atoms with van der Waals surface area (Å²) in [6.45, 7) is 0. The molecule has 0 aliphatic heterocycles. The number of carbonyl (C=O) groups is 1. The highest BCUT2D eigenvalue weighted by Crippen LogP contribution is 2.13. The van der Waals surface area contributed by atoms with Crippen LogP contribution < -0.4 is 5.56 Å². The van der Waals surface area contributed by atoms with Crippen LogP contribution in [0.15, 0.2) is 29.3 Å².